The van der Waals surface area contributed by atoms with Crippen LogP contribution in [0.25, 0.3) is 0 Å². The molecule has 0 aliphatic carbocycles. The van der Waals surface area contributed by atoms with Crippen molar-refractivity contribution in [3.63, 3.8) is 0 Å². The van der Waals surface area contributed by atoms with Gasteiger partial charge in [0.2, 0.25) is 0 Å². The highest BCUT2D eigenvalue weighted by Gasteiger charge is 2.24. The molecule has 0 atom stereocenters. The van der Waals surface area contributed by atoms with Crippen molar-refractivity contribution >= 4 is 0 Å². The third-order valence-corrected chi connectivity index (χ3v) is 1.57. The number of aliphatic hydroxyl groups is 1. The van der Waals surface area contributed by atoms with Gasteiger partial charge in [0.1, 0.15) is 0 Å². The molecule has 0 aromatic heterocycles. The molecule has 0 bridgehead atoms. The van der Waals surface area contributed by atoms with Gasteiger partial charge >= 0.3 is 0 Å². The lowest BCUT2D eigenvalue weighted by molar-refractivity contribution is 0.0437. The minimum Gasteiger partial charge on any atom is -0.390 e. The number of rotatable bonds is 3. The van der Waals surface area contributed by atoms with Crippen molar-refractivity contribution in [2.45, 2.75) is 53.6 Å². The maximum Gasteiger partial charge on any atom is 0.0599 e. The third kappa shape index (κ3) is 6.41. The molecule has 0 unspecified atom stereocenters. The normalized spacial score (nSPS) is 12.9. The number of allylic oxidation sites excluding steroid dienone is 2. The molecule has 0 radical (unpaired) electrons. The second kappa shape index (κ2) is 3.61. The third-order valence-electron chi connectivity index (χ3n) is 1.57. The molecule has 0 saturated heterocycles. The molecule has 0 saturated carbocycles. The Morgan fingerprint density at radius 3 is 1.83 bits per heavy atom. The summed E-state index contributed by atoms with van der Waals surface area (Å²) in [6.45, 7) is 12.2. The average Bonchev–Trinajstić information content (AvgIpc) is 1.48. The Bertz CT molecular complexity index is 166. The summed E-state index contributed by atoms with van der Waals surface area (Å²) in [7, 11) is 0. The van der Waals surface area contributed by atoms with E-state index in [1.165, 1.54) is 5.57 Å². The van der Waals surface area contributed by atoms with Crippen LogP contribution in [0.2, 0.25) is 0 Å². The van der Waals surface area contributed by atoms with Gasteiger partial charge in [0.15, 0.2) is 0 Å². The van der Waals surface area contributed by atoms with Crippen LogP contribution in [0.3, 0.4) is 0 Å². The van der Waals surface area contributed by atoms with Crippen molar-refractivity contribution in [3.8, 4) is 0 Å². The van der Waals surface area contributed by atoms with Gasteiger partial charge in [0.25, 0.3) is 0 Å². The molecule has 0 rings (SSSR count). The predicted molar refractivity (Wildman–Crippen MR) is 54.1 cm³/mol. The van der Waals surface area contributed by atoms with E-state index in [2.05, 4.69) is 33.8 Å². The van der Waals surface area contributed by atoms with Crippen LogP contribution in [0.4, 0.5) is 0 Å². The Labute approximate surface area is 76.5 Å². The number of hydrogen-bond acceptors (Lipinski definition) is 1. The quantitative estimate of drug-likeness (QED) is 0.645. The van der Waals surface area contributed by atoms with E-state index in [9.17, 15) is 5.11 Å². The van der Waals surface area contributed by atoms with Gasteiger partial charge in [-0.1, -0.05) is 25.5 Å². The second-order valence-electron chi connectivity index (χ2n) is 5.20. The van der Waals surface area contributed by atoms with Gasteiger partial charge in [-0.15, -0.1) is 0 Å². The zero-order valence-corrected chi connectivity index (χ0v) is 9.23. The summed E-state index contributed by atoms with van der Waals surface area (Å²) in [5.41, 5.74) is 0.830. The Morgan fingerprint density at radius 1 is 1.17 bits per heavy atom. The first-order chi connectivity index (χ1) is 5.12. The fourth-order valence-corrected chi connectivity index (χ4v) is 1.95. The lowest BCUT2D eigenvalue weighted by atomic mass is 9.81. The van der Waals surface area contributed by atoms with E-state index in [1.54, 1.807) is 0 Å². The highest BCUT2D eigenvalue weighted by Crippen LogP contribution is 2.29. The molecule has 1 N–H and O–H groups in total. The van der Waals surface area contributed by atoms with Gasteiger partial charge in [-0.3, -0.25) is 0 Å². The van der Waals surface area contributed by atoms with E-state index in [0.717, 1.165) is 6.42 Å². The molecular weight excluding hydrogens is 148 g/mol. The van der Waals surface area contributed by atoms with Gasteiger partial charge in [-0.05, 0) is 39.5 Å². The summed E-state index contributed by atoms with van der Waals surface area (Å²) < 4.78 is 0. The van der Waals surface area contributed by atoms with Crippen LogP contribution in [-0.4, -0.2) is 10.7 Å². The van der Waals surface area contributed by atoms with E-state index in [4.69, 9.17) is 0 Å². The van der Waals surface area contributed by atoms with Crippen LogP contribution in [0.5, 0.6) is 0 Å². The molecule has 1 heteroatoms. The van der Waals surface area contributed by atoms with E-state index >= 15 is 0 Å². The van der Waals surface area contributed by atoms with Crippen molar-refractivity contribution in [3.05, 3.63) is 11.6 Å². The van der Waals surface area contributed by atoms with E-state index < -0.39 is 5.60 Å². The van der Waals surface area contributed by atoms with E-state index in [0.29, 0.717) is 0 Å². The maximum atomic E-state index is 9.64. The molecule has 0 heterocycles. The Morgan fingerprint density at radius 2 is 1.58 bits per heavy atom. The molecule has 0 spiro atoms. The van der Waals surface area contributed by atoms with Crippen LogP contribution in [-0.2, 0) is 0 Å². The first-order valence-corrected chi connectivity index (χ1v) is 4.51. The molecule has 0 aromatic carbocycles. The highest BCUT2D eigenvalue weighted by molar-refractivity contribution is 5.03. The summed E-state index contributed by atoms with van der Waals surface area (Å²) in [5.74, 6) is 0. The molecule has 0 aromatic rings. The topological polar surface area (TPSA) is 20.2 Å². The van der Waals surface area contributed by atoms with Crippen LogP contribution in [0.15, 0.2) is 11.6 Å². The van der Waals surface area contributed by atoms with E-state index in [-0.39, 0.29) is 5.41 Å². The summed E-state index contributed by atoms with van der Waals surface area (Å²) in [6, 6.07) is 0. The first kappa shape index (κ1) is 11.7. The van der Waals surface area contributed by atoms with Crippen LogP contribution >= 0.6 is 0 Å². The molecule has 72 valence electrons. The van der Waals surface area contributed by atoms with Gasteiger partial charge in [0, 0.05) is 0 Å². The Hall–Kier alpha value is -0.300. The van der Waals surface area contributed by atoms with Gasteiger partial charge in [-0.25, -0.2) is 0 Å². The highest BCUT2D eigenvalue weighted by atomic mass is 16.3. The van der Waals surface area contributed by atoms with E-state index in [1.807, 2.05) is 13.8 Å². The summed E-state index contributed by atoms with van der Waals surface area (Å²) in [5, 5.41) is 9.64. The molecule has 1 nitrogen and oxygen atoms in total. The van der Waals surface area contributed by atoms with Crippen molar-refractivity contribution in [1.82, 2.24) is 0 Å². The lowest BCUT2D eigenvalue weighted by Crippen LogP contribution is -2.27. The SMILES string of the molecule is CC(C)=CC(C)(C)CC(C)(C)O. The smallest absolute Gasteiger partial charge is 0.0599 e. The molecule has 0 aliphatic rings. The molecular formula is C11H22O. The van der Waals surface area contributed by atoms with Crippen molar-refractivity contribution in [1.29, 1.82) is 0 Å². The van der Waals surface area contributed by atoms with Crippen LogP contribution in [0.1, 0.15) is 48.0 Å². The predicted octanol–water partition coefficient (Wildman–Crippen LogP) is 3.14. The Balaban J connectivity index is 4.34. The molecule has 0 fully saturated rings. The average molecular weight is 170 g/mol. The van der Waals surface area contributed by atoms with Gasteiger partial charge in [-0.2, -0.15) is 0 Å². The first-order valence-electron chi connectivity index (χ1n) is 4.51. The standard InChI is InChI=1S/C11H22O/c1-9(2)7-10(3,4)8-11(5,6)12/h7,12H,8H2,1-6H3. The Kier molecular flexibility index (Phi) is 3.52. The van der Waals surface area contributed by atoms with Crippen molar-refractivity contribution in [2.24, 2.45) is 5.41 Å². The van der Waals surface area contributed by atoms with Gasteiger partial charge in [0.05, 0.1) is 5.60 Å². The minimum atomic E-state index is -0.574. The molecule has 0 aliphatic heterocycles. The van der Waals surface area contributed by atoms with Gasteiger partial charge < -0.3 is 5.11 Å². The maximum absolute atomic E-state index is 9.64. The minimum absolute atomic E-state index is 0.0943. The molecule has 0 amide bonds. The second-order valence-corrected chi connectivity index (χ2v) is 5.20. The zero-order valence-electron chi connectivity index (χ0n) is 9.23. The van der Waals surface area contributed by atoms with Crippen LogP contribution in [0, 0.1) is 5.41 Å². The van der Waals surface area contributed by atoms with Crippen molar-refractivity contribution in [2.75, 3.05) is 0 Å². The van der Waals surface area contributed by atoms with Crippen molar-refractivity contribution < 1.29 is 5.11 Å². The summed E-state index contributed by atoms with van der Waals surface area (Å²) >= 11 is 0. The largest absolute Gasteiger partial charge is 0.390 e. The lowest BCUT2D eigenvalue weighted by Gasteiger charge is -2.29. The molecule has 12 heavy (non-hydrogen) atoms. The van der Waals surface area contributed by atoms with Crippen LogP contribution < -0.4 is 0 Å². The zero-order chi connectivity index (χ0) is 9.99. The summed E-state index contributed by atoms with van der Waals surface area (Å²) in [6.07, 6.45) is 3.01. The fourth-order valence-electron chi connectivity index (χ4n) is 1.95. The summed E-state index contributed by atoms with van der Waals surface area (Å²) in [4.78, 5) is 0. The fraction of sp³-hybridized carbons (Fsp3) is 0.818. The monoisotopic (exact) mass is 170 g/mol. The number of hydrogen-bond donors (Lipinski definition) is 1.